The molecule has 0 aliphatic rings. The van der Waals surface area contributed by atoms with Crippen LogP contribution in [0.2, 0.25) is 0 Å². The second-order valence-corrected chi connectivity index (χ2v) is 4.33. The number of benzene rings is 2. The van der Waals surface area contributed by atoms with Crippen molar-refractivity contribution in [3.05, 3.63) is 66.2 Å². The van der Waals surface area contributed by atoms with Gasteiger partial charge in [-0.05, 0) is 17.7 Å². The van der Waals surface area contributed by atoms with Crippen molar-refractivity contribution in [3.63, 3.8) is 0 Å². The summed E-state index contributed by atoms with van der Waals surface area (Å²) in [6.07, 6.45) is -0.623. The fourth-order valence-corrected chi connectivity index (χ4v) is 1.67. The molecule has 0 spiro atoms. The van der Waals surface area contributed by atoms with E-state index in [9.17, 15) is 9.59 Å². The molecule has 0 bridgehead atoms. The lowest BCUT2D eigenvalue weighted by Crippen LogP contribution is -2.28. The predicted molar refractivity (Wildman–Crippen MR) is 79.7 cm³/mol. The van der Waals surface area contributed by atoms with E-state index in [1.165, 1.54) is 0 Å². The van der Waals surface area contributed by atoms with E-state index >= 15 is 0 Å². The van der Waals surface area contributed by atoms with Gasteiger partial charge >= 0.3 is 6.09 Å². The summed E-state index contributed by atoms with van der Waals surface area (Å²) >= 11 is 0. The first kappa shape index (κ1) is 14.6. The smallest absolute Gasteiger partial charge is 0.407 e. The van der Waals surface area contributed by atoms with Gasteiger partial charge in [0.1, 0.15) is 0 Å². The van der Waals surface area contributed by atoms with Crippen molar-refractivity contribution < 1.29 is 14.3 Å². The summed E-state index contributed by atoms with van der Waals surface area (Å²) in [6.45, 7) is 0.0372. The van der Waals surface area contributed by atoms with E-state index in [2.05, 4.69) is 10.6 Å². The Morgan fingerprint density at radius 2 is 1.52 bits per heavy atom. The van der Waals surface area contributed by atoms with Crippen molar-refractivity contribution >= 4 is 17.7 Å². The van der Waals surface area contributed by atoms with Crippen LogP contribution in [0.4, 0.5) is 10.5 Å². The fraction of sp³-hybridized carbons (Fsp3) is 0.125. The van der Waals surface area contributed by atoms with Crippen LogP contribution in [0.15, 0.2) is 60.7 Å². The Hall–Kier alpha value is -2.82. The molecule has 5 nitrogen and oxygen atoms in total. The van der Waals surface area contributed by atoms with Gasteiger partial charge in [-0.3, -0.25) is 4.79 Å². The molecule has 0 atom stereocenters. The molecule has 0 saturated heterocycles. The Morgan fingerprint density at radius 1 is 0.905 bits per heavy atom. The van der Waals surface area contributed by atoms with Crippen LogP contribution in [0.5, 0.6) is 0 Å². The molecule has 2 amide bonds. The van der Waals surface area contributed by atoms with Crippen LogP contribution in [0.3, 0.4) is 0 Å². The summed E-state index contributed by atoms with van der Waals surface area (Å²) in [7, 11) is 0. The molecule has 0 unspecified atom stereocenters. The molecule has 0 aliphatic heterocycles. The zero-order valence-corrected chi connectivity index (χ0v) is 11.4. The molecule has 0 heterocycles. The third-order valence-electron chi connectivity index (χ3n) is 2.67. The monoisotopic (exact) mass is 284 g/mol. The van der Waals surface area contributed by atoms with Crippen molar-refractivity contribution in [3.8, 4) is 0 Å². The molecule has 108 valence electrons. The molecule has 0 aromatic heterocycles. The van der Waals surface area contributed by atoms with Crippen molar-refractivity contribution in [1.82, 2.24) is 5.32 Å². The number of carbonyl (C=O) groups is 2. The van der Waals surface area contributed by atoms with Crippen molar-refractivity contribution in [2.45, 2.75) is 6.54 Å². The number of hydrogen-bond donors (Lipinski definition) is 2. The minimum Gasteiger partial charge on any atom is -0.439 e. The Bertz CT molecular complexity index is 585. The normalized spacial score (nSPS) is 9.71. The van der Waals surface area contributed by atoms with Gasteiger partial charge in [0.2, 0.25) is 0 Å². The number of nitrogens with one attached hydrogen (secondary N) is 2. The minimum atomic E-state index is -0.623. The predicted octanol–water partition coefficient (Wildman–Crippen LogP) is 2.55. The van der Waals surface area contributed by atoms with E-state index in [4.69, 9.17) is 4.74 Å². The number of anilines is 1. The third-order valence-corrected chi connectivity index (χ3v) is 2.67. The highest BCUT2D eigenvalue weighted by molar-refractivity contribution is 5.92. The van der Waals surface area contributed by atoms with Crippen LogP contribution in [-0.2, 0) is 16.1 Å². The molecule has 0 radical (unpaired) electrons. The Kier molecular flexibility index (Phi) is 5.34. The van der Waals surface area contributed by atoms with Gasteiger partial charge in [0.05, 0.1) is 0 Å². The maximum absolute atomic E-state index is 11.6. The van der Waals surface area contributed by atoms with E-state index in [1.54, 1.807) is 12.1 Å². The Balaban J connectivity index is 1.68. The highest BCUT2D eigenvalue weighted by Crippen LogP contribution is 2.04. The molecule has 2 aromatic carbocycles. The minimum absolute atomic E-state index is 0.324. The third kappa shape index (κ3) is 5.36. The molecule has 0 fully saturated rings. The quantitative estimate of drug-likeness (QED) is 0.886. The van der Waals surface area contributed by atoms with Crippen LogP contribution in [0.25, 0.3) is 0 Å². The molecule has 2 aromatic rings. The summed E-state index contributed by atoms with van der Waals surface area (Å²) in [4.78, 5) is 23.0. The summed E-state index contributed by atoms with van der Waals surface area (Å²) < 4.78 is 4.84. The Morgan fingerprint density at radius 3 is 2.19 bits per heavy atom. The first-order chi connectivity index (χ1) is 10.2. The van der Waals surface area contributed by atoms with Gasteiger partial charge in [0.25, 0.3) is 5.91 Å². The van der Waals surface area contributed by atoms with Gasteiger partial charge in [-0.1, -0.05) is 48.5 Å². The number of alkyl carbamates (subject to hydrolysis) is 1. The van der Waals surface area contributed by atoms with Crippen molar-refractivity contribution in [2.24, 2.45) is 0 Å². The Labute approximate surface area is 122 Å². The second kappa shape index (κ2) is 7.69. The van der Waals surface area contributed by atoms with Crippen LogP contribution in [0, 0.1) is 0 Å². The first-order valence-corrected chi connectivity index (χ1v) is 6.53. The number of carbonyl (C=O) groups excluding carboxylic acids is 2. The first-order valence-electron chi connectivity index (χ1n) is 6.53. The number of para-hydroxylation sites is 1. The average Bonchev–Trinajstić information content (AvgIpc) is 2.53. The standard InChI is InChI=1S/C16H16N2O3/c19-15(18-14-9-5-2-6-10-14)12-21-16(20)17-11-13-7-3-1-4-8-13/h1-10H,11-12H2,(H,17,20)(H,18,19). The maximum Gasteiger partial charge on any atom is 0.407 e. The van der Waals surface area contributed by atoms with Gasteiger partial charge in [-0.15, -0.1) is 0 Å². The van der Waals surface area contributed by atoms with E-state index in [0.717, 1.165) is 5.56 Å². The van der Waals surface area contributed by atoms with Crippen molar-refractivity contribution in [2.75, 3.05) is 11.9 Å². The van der Waals surface area contributed by atoms with E-state index in [-0.39, 0.29) is 12.5 Å². The molecule has 2 N–H and O–H groups in total. The zero-order valence-electron chi connectivity index (χ0n) is 11.4. The van der Waals surface area contributed by atoms with Crippen LogP contribution in [0.1, 0.15) is 5.56 Å². The van der Waals surface area contributed by atoms with Gasteiger partial charge in [-0.2, -0.15) is 0 Å². The molecule has 5 heteroatoms. The highest BCUT2D eigenvalue weighted by atomic mass is 16.6. The topological polar surface area (TPSA) is 67.4 Å². The molecule has 0 aliphatic carbocycles. The summed E-state index contributed by atoms with van der Waals surface area (Å²) in [5.74, 6) is -0.379. The van der Waals surface area contributed by atoms with E-state index in [0.29, 0.717) is 12.2 Å². The van der Waals surface area contributed by atoms with Crippen LogP contribution >= 0.6 is 0 Å². The van der Waals surface area contributed by atoms with Crippen molar-refractivity contribution in [1.29, 1.82) is 0 Å². The van der Waals surface area contributed by atoms with E-state index < -0.39 is 6.09 Å². The van der Waals surface area contributed by atoms with E-state index in [1.807, 2.05) is 48.5 Å². The van der Waals surface area contributed by atoms with Gasteiger partial charge in [0, 0.05) is 12.2 Å². The summed E-state index contributed by atoms with van der Waals surface area (Å²) in [5, 5.41) is 5.20. The average molecular weight is 284 g/mol. The molecular formula is C16H16N2O3. The highest BCUT2D eigenvalue weighted by Gasteiger charge is 2.07. The lowest BCUT2D eigenvalue weighted by atomic mass is 10.2. The fourth-order valence-electron chi connectivity index (χ4n) is 1.67. The second-order valence-electron chi connectivity index (χ2n) is 4.33. The zero-order chi connectivity index (χ0) is 14.9. The number of ether oxygens (including phenoxy) is 1. The number of amides is 2. The van der Waals surface area contributed by atoms with Crippen LogP contribution < -0.4 is 10.6 Å². The largest absolute Gasteiger partial charge is 0.439 e. The van der Waals surface area contributed by atoms with Gasteiger partial charge in [-0.25, -0.2) is 4.79 Å². The molecule has 0 saturated carbocycles. The van der Waals surface area contributed by atoms with Crippen LogP contribution in [-0.4, -0.2) is 18.6 Å². The SMILES string of the molecule is O=C(COC(=O)NCc1ccccc1)Nc1ccccc1. The summed E-state index contributed by atoms with van der Waals surface area (Å²) in [5.41, 5.74) is 1.62. The molecular weight excluding hydrogens is 268 g/mol. The lowest BCUT2D eigenvalue weighted by Gasteiger charge is -2.07. The molecule has 2 rings (SSSR count). The van der Waals surface area contributed by atoms with Gasteiger partial charge < -0.3 is 15.4 Å². The maximum atomic E-state index is 11.6. The van der Waals surface area contributed by atoms with Gasteiger partial charge in [0.15, 0.2) is 6.61 Å². The lowest BCUT2D eigenvalue weighted by molar-refractivity contribution is -0.118. The number of rotatable bonds is 5. The number of hydrogen-bond acceptors (Lipinski definition) is 3. The summed E-state index contributed by atoms with van der Waals surface area (Å²) in [6, 6.07) is 18.4. The molecule has 21 heavy (non-hydrogen) atoms.